The van der Waals surface area contributed by atoms with Crippen LogP contribution in [-0.2, 0) is 13.6 Å². The molecule has 1 N–H and O–H groups in total. The Morgan fingerprint density at radius 1 is 1.15 bits per heavy atom. The van der Waals surface area contributed by atoms with Crippen LogP contribution in [0.15, 0.2) is 55.1 Å². The molecule has 1 atom stereocenters. The maximum absolute atomic E-state index is 12.8. The number of imidazole rings is 1. The highest BCUT2D eigenvalue weighted by Gasteiger charge is 2.28. The Balaban J connectivity index is 1.76. The van der Waals surface area contributed by atoms with Crippen molar-refractivity contribution >= 4 is 11.7 Å². The number of amides is 1. The molecule has 0 saturated carbocycles. The molecule has 0 aliphatic rings. The summed E-state index contributed by atoms with van der Waals surface area (Å²) in [5, 5.41) is 7.05. The molecule has 1 aromatic carbocycles. The number of rotatable bonds is 7. The first kappa shape index (κ1) is 18.6. The van der Waals surface area contributed by atoms with Gasteiger partial charge in [0.1, 0.15) is 0 Å². The lowest BCUT2D eigenvalue weighted by atomic mass is 9.98. The zero-order chi connectivity index (χ0) is 19.4. The summed E-state index contributed by atoms with van der Waals surface area (Å²) in [6.45, 7) is 4.38. The van der Waals surface area contributed by atoms with E-state index in [1.807, 2.05) is 44.3 Å². The number of carbonyl (C=O) groups is 2. The minimum absolute atomic E-state index is 0.0644. The Morgan fingerprint density at radius 3 is 2.59 bits per heavy atom. The number of nitrogens with zero attached hydrogens (tertiary/aromatic N) is 4. The molecule has 7 heteroatoms. The topological polar surface area (TPSA) is 81.8 Å². The first-order valence-electron chi connectivity index (χ1n) is 8.84. The lowest BCUT2D eigenvalue weighted by Gasteiger charge is -2.21. The first-order chi connectivity index (χ1) is 13.0. The summed E-state index contributed by atoms with van der Waals surface area (Å²) in [7, 11) is 1.76. The number of ketones is 1. The molecule has 0 spiro atoms. The second-order valence-corrected chi connectivity index (χ2v) is 6.83. The molecular formula is C20H23N5O2. The van der Waals surface area contributed by atoms with Crippen molar-refractivity contribution in [3.05, 3.63) is 72.1 Å². The van der Waals surface area contributed by atoms with E-state index < -0.39 is 6.04 Å². The van der Waals surface area contributed by atoms with Gasteiger partial charge in [0.25, 0.3) is 5.91 Å². The second kappa shape index (κ2) is 7.99. The van der Waals surface area contributed by atoms with Gasteiger partial charge >= 0.3 is 0 Å². The minimum Gasteiger partial charge on any atom is -0.341 e. The molecule has 1 amide bonds. The van der Waals surface area contributed by atoms with Crippen molar-refractivity contribution in [1.82, 2.24) is 24.6 Å². The summed E-state index contributed by atoms with van der Waals surface area (Å²) in [4.78, 5) is 29.7. The summed E-state index contributed by atoms with van der Waals surface area (Å²) in [5.74, 6) is -0.205. The second-order valence-electron chi connectivity index (χ2n) is 6.83. The SMILES string of the molecule is CC(C)C(NC(=O)c1cccc(Cn2cccn2)c1)C(=O)c1nccn1C. The van der Waals surface area contributed by atoms with Crippen molar-refractivity contribution in [3.8, 4) is 0 Å². The van der Waals surface area contributed by atoms with Crippen molar-refractivity contribution in [2.45, 2.75) is 26.4 Å². The van der Waals surface area contributed by atoms with Crippen LogP contribution in [0.1, 0.15) is 40.4 Å². The van der Waals surface area contributed by atoms with Gasteiger partial charge < -0.3 is 9.88 Å². The van der Waals surface area contributed by atoms with Crippen LogP contribution in [0.4, 0.5) is 0 Å². The average molecular weight is 365 g/mol. The quantitative estimate of drug-likeness (QED) is 0.652. The largest absolute Gasteiger partial charge is 0.341 e. The Hall–Kier alpha value is -3.22. The van der Waals surface area contributed by atoms with Crippen molar-refractivity contribution in [2.24, 2.45) is 13.0 Å². The van der Waals surface area contributed by atoms with Crippen molar-refractivity contribution in [3.63, 3.8) is 0 Å². The standard InChI is InChI=1S/C20H23N5O2/c1-14(2)17(18(26)19-21-9-11-24(19)3)23-20(27)16-7-4-6-15(12-16)13-25-10-5-8-22-25/h4-12,14,17H,13H2,1-3H3,(H,23,27). The van der Waals surface area contributed by atoms with E-state index in [0.717, 1.165) is 5.56 Å². The molecule has 27 heavy (non-hydrogen) atoms. The highest BCUT2D eigenvalue weighted by atomic mass is 16.2. The number of hydrogen-bond acceptors (Lipinski definition) is 4. The molecule has 2 heterocycles. The third-order valence-corrected chi connectivity index (χ3v) is 4.37. The third kappa shape index (κ3) is 4.31. The Morgan fingerprint density at radius 2 is 1.96 bits per heavy atom. The van der Waals surface area contributed by atoms with Crippen LogP contribution in [0.25, 0.3) is 0 Å². The van der Waals surface area contributed by atoms with Crippen LogP contribution in [0.5, 0.6) is 0 Å². The summed E-state index contributed by atoms with van der Waals surface area (Å²) in [6, 6.07) is 8.54. The van der Waals surface area contributed by atoms with E-state index in [9.17, 15) is 9.59 Å². The number of aromatic nitrogens is 4. The van der Waals surface area contributed by atoms with Crippen LogP contribution in [0.3, 0.4) is 0 Å². The van der Waals surface area contributed by atoms with Crippen molar-refractivity contribution in [2.75, 3.05) is 0 Å². The van der Waals surface area contributed by atoms with Crippen LogP contribution in [-0.4, -0.2) is 37.1 Å². The van der Waals surface area contributed by atoms with E-state index in [1.54, 1.807) is 41.0 Å². The molecule has 0 radical (unpaired) electrons. The fourth-order valence-corrected chi connectivity index (χ4v) is 2.89. The Kier molecular flexibility index (Phi) is 5.49. The normalized spacial score (nSPS) is 12.1. The monoisotopic (exact) mass is 365 g/mol. The number of hydrogen-bond donors (Lipinski definition) is 1. The number of Topliss-reactive ketones (excluding diaryl/α,β-unsaturated/α-hetero) is 1. The number of aryl methyl sites for hydroxylation is 1. The van der Waals surface area contributed by atoms with Crippen LogP contribution in [0.2, 0.25) is 0 Å². The van der Waals surface area contributed by atoms with Gasteiger partial charge in [-0.05, 0) is 29.7 Å². The molecule has 0 aliphatic carbocycles. The molecular weight excluding hydrogens is 342 g/mol. The van der Waals surface area contributed by atoms with Gasteiger partial charge in [-0.15, -0.1) is 0 Å². The summed E-state index contributed by atoms with van der Waals surface area (Å²) in [6.07, 6.45) is 6.87. The van der Waals surface area contributed by atoms with E-state index in [-0.39, 0.29) is 17.6 Å². The highest BCUT2D eigenvalue weighted by Crippen LogP contribution is 2.12. The molecule has 3 rings (SSSR count). The van der Waals surface area contributed by atoms with Crippen LogP contribution >= 0.6 is 0 Å². The minimum atomic E-state index is -0.645. The molecule has 2 aromatic heterocycles. The third-order valence-electron chi connectivity index (χ3n) is 4.37. The molecule has 7 nitrogen and oxygen atoms in total. The van der Waals surface area contributed by atoms with Crippen molar-refractivity contribution < 1.29 is 9.59 Å². The lowest BCUT2D eigenvalue weighted by Crippen LogP contribution is -2.45. The number of carbonyl (C=O) groups excluding carboxylic acids is 2. The van der Waals surface area contributed by atoms with Gasteiger partial charge in [-0.1, -0.05) is 26.0 Å². The molecule has 0 fully saturated rings. The van der Waals surface area contributed by atoms with Gasteiger partial charge in [0.05, 0.1) is 12.6 Å². The molecule has 3 aromatic rings. The smallest absolute Gasteiger partial charge is 0.251 e. The van der Waals surface area contributed by atoms with E-state index >= 15 is 0 Å². The van der Waals surface area contributed by atoms with Gasteiger partial charge in [0.15, 0.2) is 5.82 Å². The maximum atomic E-state index is 12.8. The molecule has 0 aliphatic heterocycles. The average Bonchev–Trinajstić information content (AvgIpc) is 3.30. The Labute approximate surface area is 158 Å². The predicted molar refractivity (Wildman–Crippen MR) is 101 cm³/mol. The van der Waals surface area contributed by atoms with E-state index in [4.69, 9.17) is 0 Å². The zero-order valence-electron chi connectivity index (χ0n) is 15.7. The summed E-state index contributed by atoms with van der Waals surface area (Å²) < 4.78 is 3.45. The van der Waals surface area contributed by atoms with E-state index in [0.29, 0.717) is 17.9 Å². The zero-order valence-corrected chi connectivity index (χ0v) is 15.7. The van der Waals surface area contributed by atoms with E-state index in [1.165, 1.54) is 0 Å². The maximum Gasteiger partial charge on any atom is 0.251 e. The Bertz CT molecular complexity index is 928. The van der Waals surface area contributed by atoms with Gasteiger partial charge in [0.2, 0.25) is 5.78 Å². The summed E-state index contributed by atoms with van der Waals surface area (Å²) in [5.41, 5.74) is 1.47. The lowest BCUT2D eigenvalue weighted by molar-refractivity contribution is 0.0823. The fraction of sp³-hybridized carbons (Fsp3) is 0.300. The fourth-order valence-electron chi connectivity index (χ4n) is 2.89. The van der Waals surface area contributed by atoms with Gasteiger partial charge in [-0.3, -0.25) is 14.3 Å². The van der Waals surface area contributed by atoms with Gasteiger partial charge in [-0.2, -0.15) is 5.10 Å². The molecule has 0 bridgehead atoms. The molecule has 140 valence electrons. The molecule has 1 unspecified atom stereocenters. The van der Waals surface area contributed by atoms with Crippen LogP contribution < -0.4 is 5.32 Å². The van der Waals surface area contributed by atoms with Crippen molar-refractivity contribution in [1.29, 1.82) is 0 Å². The van der Waals surface area contributed by atoms with Gasteiger partial charge in [0, 0.05) is 37.4 Å². The summed E-state index contributed by atoms with van der Waals surface area (Å²) >= 11 is 0. The number of benzene rings is 1. The highest BCUT2D eigenvalue weighted by molar-refractivity contribution is 6.02. The predicted octanol–water partition coefficient (Wildman–Crippen LogP) is 2.30. The van der Waals surface area contributed by atoms with Crippen LogP contribution in [0, 0.1) is 5.92 Å². The number of nitrogens with one attached hydrogen (secondary N) is 1. The molecule has 0 saturated heterocycles. The van der Waals surface area contributed by atoms with E-state index in [2.05, 4.69) is 15.4 Å². The first-order valence-corrected chi connectivity index (χ1v) is 8.84. The van der Waals surface area contributed by atoms with Gasteiger partial charge in [-0.25, -0.2) is 4.98 Å².